The largest absolute Gasteiger partial charge is 0.444 e. The Balaban J connectivity index is 2.54. The number of benzene rings is 1. The van der Waals surface area contributed by atoms with E-state index in [9.17, 15) is 9.18 Å². The number of rotatable bonds is 5. The van der Waals surface area contributed by atoms with E-state index in [1.165, 1.54) is 5.56 Å². The minimum Gasteiger partial charge on any atom is -0.444 e. The molecule has 0 unspecified atom stereocenters. The molecule has 0 aliphatic heterocycles. The molecule has 122 valence electrons. The third-order valence-corrected chi connectivity index (χ3v) is 3.09. The van der Waals surface area contributed by atoms with Gasteiger partial charge in [0.15, 0.2) is 0 Å². The van der Waals surface area contributed by atoms with Crippen molar-refractivity contribution in [3.63, 3.8) is 0 Å². The normalized spacial score (nSPS) is 12.4. The first-order valence-corrected chi connectivity index (χ1v) is 7.55. The summed E-state index contributed by atoms with van der Waals surface area (Å²) in [4.78, 5) is 11.6. The lowest BCUT2D eigenvalue weighted by atomic mass is 9.99. The van der Waals surface area contributed by atoms with Crippen LogP contribution in [0.1, 0.15) is 51.7 Å². The van der Waals surface area contributed by atoms with Crippen molar-refractivity contribution in [1.82, 2.24) is 5.32 Å². The van der Waals surface area contributed by atoms with Crippen LogP contribution in [0.15, 0.2) is 36.2 Å². The van der Waals surface area contributed by atoms with E-state index in [1.807, 2.05) is 12.1 Å². The van der Waals surface area contributed by atoms with Crippen molar-refractivity contribution in [1.29, 1.82) is 0 Å². The van der Waals surface area contributed by atoms with E-state index in [0.717, 1.165) is 5.56 Å². The Morgan fingerprint density at radius 2 is 1.86 bits per heavy atom. The zero-order valence-electron chi connectivity index (χ0n) is 14.1. The van der Waals surface area contributed by atoms with Crippen LogP contribution >= 0.6 is 0 Å². The number of alkyl carbamates (subject to hydrolysis) is 1. The second-order valence-corrected chi connectivity index (χ2v) is 6.70. The minimum atomic E-state index is -0.559. The standard InChI is InChI=1S/C18H26FNO2/c1-13(2)16-8-6-14(7-9-16)10-15(11-19)12-20-17(21)22-18(3,4)5/h6-9,11,13H,10,12H2,1-5H3,(H,20,21)/b15-11+. The first-order chi connectivity index (χ1) is 10.2. The lowest BCUT2D eigenvalue weighted by Gasteiger charge is -2.20. The van der Waals surface area contributed by atoms with Gasteiger partial charge in [0.2, 0.25) is 0 Å². The number of ether oxygens (including phenoxy) is 1. The summed E-state index contributed by atoms with van der Waals surface area (Å²) in [5, 5.41) is 2.57. The molecule has 0 spiro atoms. The topological polar surface area (TPSA) is 38.3 Å². The molecule has 0 saturated heterocycles. The van der Waals surface area contributed by atoms with Gasteiger partial charge in [0.05, 0.1) is 6.33 Å². The van der Waals surface area contributed by atoms with Crippen LogP contribution in [0.2, 0.25) is 0 Å². The monoisotopic (exact) mass is 307 g/mol. The molecule has 0 saturated carbocycles. The summed E-state index contributed by atoms with van der Waals surface area (Å²) in [5.41, 5.74) is 2.21. The van der Waals surface area contributed by atoms with Crippen LogP contribution in [0.25, 0.3) is 0 Å². The van der Waals surface area contributed by atoms with E-state index in [1.54, 1.807) is 20.8 Å². The fourth-order valence-corrected chi connectivity index (χ4v) is 1.92. The van der Waals surface area contributed by atoms with Gasteiger partial charge in [-0.25, -0.2) is 9.18 Å². The van der Waals surface area contributed by atoms with E-state index in [0.29, 0.717) is 24.2 Å². The zero-order valence-corrected chi connectivity index (χ0v) is 14.1. The van der Waals surface area contributed by atoms with Crippen molar-refractivity contribution in [2.24, 2.45) is 0 Å². The summed E-state index contributed by atoms with van der Waals surface area (Å²) in [6, 6.07) is 8.09. The molecule has 0 bridgehead atoms. The van der Waals surface area contributed by atoms with Gasteiger partial charge in [0, 0.05) is 6.54 Å². The van der Waals surface area contributed by atoms with Crippen LogP contribution in [-0.2, 0) is 11.2 Å². The summed E-state index contributed by atoms with van der Waals surface area (Å²) in [5.74, 6) is 0.471. The number of nitrogens with one attached hydrogen (secondary N) is 1. The first-order valence-electron chi connectivity index (χ1n) is 7.55. The molecule has 1 aromatic carbocycles. The molecular weight excluding hydrogens is 281 g/mol. The molecular formula is C18H26FNO2. The highest BCUT2D eigenvalue weighted by molar-refractivity contribution is 5.68. The predicted octanol–water partition coefficient (Wildman–Crippen LogP) is 4.73. The smallest absolute Gasteiger partial charge is 0.407 e. The van der Waals surface area contributed by atoms with Gasteiger partial charge in [-0.3, -0.25) is 0 Å². The summed E-state index contributed by atoms with van der Waals surface area (Å²) >= 11 is 0. The first kappa shape index (κ1) is 18.2. The fraction of sp³-hybridized carbons (Fsp3) is 0.500. The van der Waals surface area contributed by atoms with Crippen molar-refractivity contribution in [3.8, 4) is 0 Å². The van der Waals surface area contributed by atoms with E-state index >= 15 is 0 Å². The van der Waals surface area contributed by atoms with Crippen LogP contribution in [0.3, 0.4) is 0 Å². The van der Waals surface area contributed by atoms with Crippen LogP contribution in [0.5, 0.6) is 0 Å². The molecule has 0 radical (unpaired) electrons. The van der Waals surface area contributed by atoms with Crippen molar-refractivity contribution in [2.75, 3.05) is 6.54 Å². The quantitative estimate of drug-likeness (QED) is 0.854. The second kappa shape index (κ2) is 7.97. The highest BCUT2D eigenvalue weighted by Gasteiger charge is 2.16. The maximum atomic E-state index is 13.0. The molecule has 3 nitrogen and oxygen atoms in total. The SMILES string of the molecule is CC(C)c1ccc(C/C(=C\F)CNC(=O)OC(C)(C)C)cc1. The van der Waals surface area contributed by atoms with Crippen LogP contribution in [-0.4, -0.2) is 18.2 Å². The molecule has 0 atom stereocenters. The van der Waals surface area contributed by atoms with E-state index in [2.05, 4.69) is 31.3 Å². The van der Waals surface area contributed by atoms with Crippen molar-refractivity contribution >= 4 is 6.09 Å². The van der Waals surface area contributed by atoms with E-state index < -0.39 is 11.7 Å². The average molecular weight is 307 g/mol. The van der Waals surface area contributed by atoms with Crippen LogP contribution in [0, 0.1) is 0 Å². The van der Waals surface area contributed by atoms with Crippen LogP contribution < -0.4 is 5.32 Å². The molecule has 1 amide bonds. The lowest BCUT2D eigenvalue weighted by molar-refractivity contribution is 0.0532. The second-order valence-electron chi connectivity index (χ2n) is 6.70. The Bertz CT molecular complexity index is 513. The highest BCUT2D eigenvalue weighted by atomic mass is 19.1. The fourth-order valence-electron chi connectivity index (χ4n) is 1.92. The van der Waals surface area contributed by atoms with Gasteiger partial charge >= 0.3 is 6.09 Å². The molecule has 1 aromatic rings. The summed E-state index contributed by atoms with van der Waals surface area (Å²) in [7, 11) is 0. The molecule has 0 heterocycles. The van der Waals surface area contributed by atoms with Gasteiger partial charge in [-0.2, -0.15) is 0 Å². The van der Waals surface area contributed by atoms with Gasteiger partial charge in [0.25, 0.3) is 0 Å². The Morgan fingerprint density at radius 1 is 1.27 bits per heavy atom. The van der Waals surface area contributed by atoms with Crippen molar-refractivity contribution < 1.29 is 13.9 Å². The van der Waals surface area contributed by atoms with Crippen molar-refractivity contribution in [3.05, 3.63) is 47.3 Å². The van der Waals surface area contributed by atoms with E-state index in [-0.39, 0.29) is 6.54 Å². The zero-order chi connectivity index (χ0) is 16.8. The van der Waals surface area contributed by atoms with Crippen molar-refractivity contribution in [2.45, 2.75) is 52.6 Å². The molecule has 0 aliphatic rings. The highest BCUT2D eigenvalue weighted by Crippen LogP contribution is 2.16. The molecule has 1 N–H and O–H groups in total. The van der Waals surface area contributed by atoms with Gasteiger partial charge in [0.1, 0.15) is 5.60 Å². The third kappa shape index (κ3) is 6.74. The molecule has 0 fully saturated rings. The Hall–Kier alpha value is -1.84. The number of halogens is 1. The number of carbonyl (C=O) groups excluding carboxylic acids is 1. The predicted molar refractivity (Wildman–Crippen MR) is 87.7 cm³/mol. The molecule has 1 rings (SSSR count). The minimum absolute atomic E-state index is 0.136. The Labute approximate surface area is 132 Å². The third-order valence-electron chi connectivity index (χ3n) is 3.09. The maximum absolute atomic E-state index is 13.0. The molecule has 22 heavy (non-hydrogen) atoms. The van der Waals surface area contributed by atoms with Gasteiger partial charge in [-0.05, 0) is 49.8 Å². The average Bonchev–Trinajstić information content (AvgIpc) is 2.42. The van der Waals surface area contributed by atoms with E-state index in [4.69, 9.17) is 4.74 Å². The Morgan fingerprint density at radius 3 is 2.32 bits per heavy atom. The summed E-state index contributed by atoms with van der Waals surface area (Å²) in [6.07, 6.45) is 0.472. The summed E-state index contributed by atoms with van der Waals surface area (Å²) in [6.45, 7) is 9.76. The van der Waals surface area contributed by atoms with Crippen LogP contribution in [0.4, 0.5) is 9.18 Å². The van der Waals surface area contributed by atoms with Gasteiger partial charge < -0.3 is 10.1 Å². The van der Waals surface area contributed by atoms with Gasteiger partial charge in [-0.15, -0.1) is 0 Å². The molecule has 4 heteroatoms. The molecule has 0 aliphatic carbocycles. The number of carbonyl (C=O) groups is 1. The molecule has 0 aromatic heterocycles. The summed E-state index contributed by atoms with van der Waals surface area (Å²) < 4.78 is 18.1. The number of hydrogen-bond acceptors (Lipinski definition) is 2. The Kier molecular flexibility index (Phi) is 6.60. The lowest BCUT2D eigenvalue weighted by Crippen LogP contribution is -2.33. The van der Waals surface area contributed by atoms with Gasteiger partial charge in [-0.1, -0.05) is 38.1 Å². The number of amides is 1. The maximum Gasteiger partial charge on any atom is 0.407 e. The number of hydrogen-bond donors (Lipinski definition) is 1.